The summed E-state index contributed by atoms with van der Waals surface area (Å²) in [5.41, 5.74) is 9.68. The molecular weight excluding hydrogens is 366 g/mol. The van der Waals surface area contributed by atoms with Gasteiger partial charge in [0.25, 0.3) is 5.91 Å². The summed E-state index contributed by atoms with van der Waals surface area (Å²) in [5.74, 6) is 0.588. The van der Waals surface area contributed by atoms with Gasteiger partial charge in [0.2, 0.25) is 0 Å². The number of nitrogens with one attached hydrogen (secondary N) is 2. The maximum Gasteiger partial charge on any atom is 0.256 e. The van der Waals surface area contributed by atoms with Gasteiger partial charge in [0.1, 0.15) is 5.56 Å². The molecule has 2 fully saturated rings. The third kappa shape index (κ3) is 3.22. The second kappa shape index (κ2) is 6.57. The summed E-state index contributed by atoms with van der Waals surface area (Å²) >= 11 is 0. The van der Waals surface area contributed by atoms with E-state index in [-0.39, 0.29) is 16.9 Å². The number of carbonyl (C=O) groups excluding carboxylic acids is 1. The molecule has 2 aromatic rings. The van der Waals surface area contributed by atoms with Crippen molar-refractivity contribution in [2.75, 3.05) is 25.1 Å². The van der Waals surface area contributed by atoms with Crippen molar-refractivity contribution in [3.63, 3.8) is 0 Å². The van der Waals surface area contributed by atoms with Crippen molar-refractivity contribution in [1.29, 1.82) is 0 Å². The lowest BCUT2D eigenvalue weighted by atomic mass is 9.95. The van der Waals surface area contributed by atoms with Gasteiger partial charge in [-0.1, -0.05) is 12.1 Å². The molecule has 29 heavy (non-hydrogen) atoms. The molecule has 3 heterocycles. The first-order valence-electron chi connectivity index (χ1n) is 10.5. The lowest BCUT2D eigenvalue weighted by molar-refractivity contribution is 0.0362. The molecule has 1 aliphatic carbocycles. The van der Waals surface area contributed by atoms with Crippen LogP contribution in [0.1, 0.15) is 60.8 Å². The van der Waals surface area contributed by atoms with E-state index in [4.69, 9.17) is 15.6 Å². The molecule has 1 amide bonds. The Bertz CT molecular complexity index is 935. The third-order valence-electron chi connectivity index (χ3n) is 6.57. The molecule has 1 aromatic heterocycles. The van der Waals surface area contributed by atoms with E-state index in [1.54, 1.807) is 0 Å². The topological polar surface area (TPSA) is 94.2 Å². The highest BCUT2D eigenvalue weighted by Crippen LogP contribution is 2.61. The Kier molecular flexibility index (Phi) is 4.22. The molecule has 0 radical (unpaired) electrons. The Hall–Kier alpha value is -2.38. The second-order valence-corrected chi connectivity index (χ2v) is 9.28. The van der Waals surface area contributed by atoms with Crippen LogP contribution in [-0.4, -0.2) is 35.4 Å². The van der Waals surface area contributed by atoms with E-state index in [2.05, 4.69) is 15.3 Å². The van der Waals surface area contributed by atoms with E-state index in [1.165, 1.54) is 6.42 Å². The van der Waals surface area contributed by atoms with E-state index in [1.807, 2.05) is 38.1 Å². The number of hydrogen-bond donors (Lipinski definition) is 3. The predicted octanol–water partition coefficient (Wildman–Crippen LogP) is 2.85. The fraction of sp³-hybridized carbons (Fsp3) is 0.545. The van der Waals surface area contributed by atoms with Crippen LogP contribution in [0.15, 0.2) is 24.3 Å². The summed E-state index contributed by atoms with van der Waals surface area (Å²) in [6.45, 7) is 6.29. The van der Waals surface area contributed by atoms with Crippen molar-refractivity contribution in [1.82, 2.24) is 15.1 Å². The Morgan fingerprint density at radius 3 is 2.83 bits per heavy atom. The molecule has 0 bridgehead atoms. The van der Waals surface area contributed by atoms with Crippen LogP contribution < -0.4 is 16.4 Å². The number of aromatic nitrogens is 2. The van der Waals surface area contributed by atoms with Crippen LogP contribution >= 0.6 is 0 Å². The van der Waals surface area contributed by atoms with Gasteiger partial charge in [0, 0.05) is 36.2 Å². The van der Waals surface area contributed by atoms with Crippen LogP contribution in [0.25, 0.3) is 0 Å². The van der Waals surface area contributed by atoms with Gasteiger partial charge >= 0.3 is 0 Å². The van der Waals surface area contributed by atoms with E-state index in [0.29, 0.717) is 24.0 Å². The number of nitrogens with two attached hydrogens (primary N) is 1. The van der Waals surface area contributed by atoms with Gasteiger partial charge in [0.15, 0.2) is 5.82 Å². The number of rotatable bonds is 4. The number of ether oxygens (including phenoxy) is 1. The molecule has 4 N–H and O–H groups in total. The Morgan fingerprint density at radius 1 is 1.34 bits per heavy atom. The molecule has 154 valence electrons. The van der Waals surface area contributed by atoms with Crippen molar-refractivity contribution < 1.29 is 9.53 Å². The van der Waals surface area contributed by atoms with Gasteiger partial charge in [-0.2, -0.15) is 5.10 Å². The molecule has 2 unspecified atom stereocenters. The molecule has 1 saturated carbocycles. The summed E-state index contributed by atoms with van der Waals surface area (Å²) in [4.78, 5) is 12.7. The van der Waals surface area contributed by atoms with Crippen LogP contribution in [0.3, 0.4) is 0 Å². The predicted molar refractivity (Wildman–Crippen MR) is 111 cm³/mol. The fourth-order valence-corrected chi connectivity index (χ4v) is 4.77. The zero-order valence-electron chi connectivity index (χ0n) is 17.1. The quantitative estimate of drug-likeness (QED) is 0.740. The minimum Gasteiger partial charge on any atom is -0.381 e. The van der Waals surface area contributed by atoms with Crippen molar-refractivity contribution in [2.45, 2.75) is 51.1 Å². The number of benzene rings is 1. The average Bonchev–Trinajstić information content (AvgIpc) is 3.23. The summed E-state index contributed by atoms with van der Waals surface area (Å²) in [6, 6.07) is 8.34. The lowest BCUT2D eigenvalue weighted by Gasteiger charge is -2.23. The summed E-state index contributed by atoms with van der Waals surface area (Å²) in [7, 11) is 0. The van der Waals surface area contributed by atoms with Crippen molar-refractivity contribution >= 4 is 17.4 Å². The molecular formula is C22H29N5O2. The van der Waals surface area contributed by atoms with Crippen LogP contribution in [0, 0.1) is 5.41 Å². The molecule has 2 aliphatic heterocycles. The molecule has 1 saturated heterocycles. The highest BCUT2D eigenvalue weighted by molar-refractivity contribution is 6.01. The van der Waals surface area contributed by atoms with Crippen molar-refractivity contribution in [3.05, 3.63) is 41.1 Å². The minimum absolute atomic E-state index is 0.0469. The lowest BCUT2D eigenvalue weighted by Crippen LogP contribution is -2.33. The smallest absolute Gasteiger partial charge is 0.256 e. The number of nitrogens with zero attached hydrogens (tertiary/aromatic N) is 2. The maximum absolute atomic E-state index is 12.7. The van der Waals surface area contributed by atoms with E-state index in [9.17, 15) is 4.79 Å². The maximum atomic E-state index is 12.7. The Labute approximate surface area is 171 Å². The number of amides is 1. The normalized spacial score (nSPS) is 26.2. The number of carbonyl (C=O) groups is 1. The molecule has 2 atom stereocenters. The SMILES string of the molecule is CC(C)(N)c1ccc(Nc2nn(C3CC34CCCOC4)c3c2C(=O)NCC3)cc1. The molecule has 3 aliphatic rings. The summed E-state index contributed by atoms with van der Waals surface area (Å²) < 4.78 is 7.87. The van der Waals surface area contributed by atoms with Gasteiger partial charge in [-0.15, -0.1) is 0 Å². The molecule has 7 nitrogen and oxygen atoms in total. The van der Waals surface area contributed by atoms with Crippen LogP contribution in [-0.2, 0) is 16.7 Å². The largest absolute Gasteiger partial charge is 0.381 e. The third-order valence-corrected chi connectivity index (χ3v) is 6.57. The molecule has 1 aromatic carbocycles. The highest BCUT2D eigenvalue weighted by Gasteiger charge is 2.57. The zero-order valence-corrected chi connectivity index (χ0v) is 17.1. The number of fused-ring (bicyclic) bond motifs is 1. The molecule has 7 heteroatoms. The fourth-order valence-electron chi connectivity index (χ4n) is 4.77. The number of hydrogen-bond acceptors (Lipinski definition) is 5. The van der Waals surface area contributed by atoms with Gasteiger partial charge in [-0.05, 0) is 50.8 Å². The van der Waals surface area contributed by atoms with E-state index in [0.717, 1.165) is 49.4 Å². The monoisotopic (exact) mass is 395 g/mol. The van der Waals surface area contributed by atoms with Crippen LogP contribution in [0.4, 0.5) is 11.5 Å². The average molecular weight is 396 g/mol. The van der Waals surface area contributed by atoms with Crippen molar-refractivity contribution in [3.8, 4) is 0 Å². The minimum atomic E-state index is -0.387. The van der Waals surface area contributed by atoms with Gasteiger partial charge in [0.05, 0.1) is 18.3 Å². The van der Waals surface area contributed by atoms with Crippen LogP contribution in [0.2, 0.25) is 0 Å². The first kappa shape index (κ1) is 18.6. The number of anilines is 2. The van der Waals surface area contributed by atoms with E-state index >= 15 is 0 Å². The Morgan fingerprint density at radius 2 is 2.14 bits per heavy atom. The first-order chi connectivity index (χ1) is 13.9. The Balaban J connectivity index is 1.46. The second-order valence-electron chi connectivity index (χ2n) is 9.28. The summed E-state index contributed by atoms with van der Waals surface area (Å²) in [6.07, 6.45) is 4.18. The van der Waals surface area contributed by atoms with Crippen LogP contribution in [0.5, 0.6) is 0 Å². The zero-order chi connectivity index (χ0) is 20.2. The summed E-state index contributed by atoms with van der Waals surface area (Å²) in [5, 5.41) is 11.2. The standard InChI is InChI=1S/C22H29N5O2/c1-21(2,23)14-4-6-15(7-5-14)25-19-18-16(8-10-24-20(18)28)27(26-19)17-12-22(17)9-3-11-29-13-22/h4-7,17H,3,8-13,23H2,1-2H3,(H,24,28)(H,25,26). The van der Waals surface area contributed by atoms with Crippen molar-refractivity contribution in [2.24, 2.45) is 11.1 Å². The van der Waals surface area contributed by atoms with Gasteiger partial charge < -0.3 is 21.1 Å². The molecule has 5 rings (SSSR count). The first-order valence-corrected chi connectivity index (χ1v) is 10.5. The highest BCUT2D eigenvalue weighted by atomic mass is 16.5. The van der Waals surface area contributed by atoms with Gasteiger partial charge in [-0.25, -0.2) is 0 Å². The van der Waals surface area contributed by atoms with Gasteiger partial charge in [-0.3, -0.25) is 9.48 Å². The van der Waals surface area contributed by atoms with E-state index < -0.39 is 0 Å². The molecule has 1 spiro atoms.